The van der Waals surface area contributed by atoms with Crippen molar-refractivity contribution < 1.29 is 51.0 Å². The Labute approximate surface area is 259 Å². The molecule has 0 spiro atoms. The van der Waals surface area contributed by atoms with Gasteiger partial charge in [-0.15, -0.1) is 6.92 Å². The third-order valence-electron chi connectivity index (χ3n) is 11.9. The van der Waals surface area contributed by atoms with Crippen molar-refractivity contribution in [3.8, 4) is 0 Å². The van der Waals surface area contributed by atoms with Crippen LogP contribution in [0.1, 0.15) is 105 Å². The van der Waals surface area contributed by atoms with E-state index >= 15 is 0 Å². The van der Waals surface area contributed by atoms with Gasteiger partial charge >= 0.3 is 26.2 Å². The molecule has 0 saturated heterocycles. The molecule has 37 heavy (non-hydrogen) atoms. The van der Waals surface area contributed by atoms with E-state index in [2.05, 4.69) is 98.2 Å². The van der Waals surface area contributed by atoms with Crippen molar-refractivity contribution in [2.45, 2.75) is 100 Å². The van der Waals surface area contributed by atoms with Gasteiger partial charge in [-0.25, -0.2) is 5.92 Å². The van der Waals surface area contributed by atoms with Crippen LogP contribution in [0.4, 0.5) is 0 Å². The van der Waals surface area contributed by atoms with Crippen molar-refractivity contribution >= 4 is 5.57 Å². The molecular formula is C34H46Cl2Zr. The number of fused-ring (bicyclic) bond motifs is 6. The van der Waals surface area contributed by atoms with Crippen molar-refractivity contribution in [2.75, 3.05) is 0 Å². The van der Waals surface area contributed by atoms with Crippen LogP contribution in [0.5, 0.6) is 0 Å². The van der Waals surface area contributed by atoms with E-state index in [-0.39, 0.29) is 72.7 Å². The minimum absolute atomic E-state index is 0. The van der Waals surface area contributed by atoms with Gasteiger partial charge in [-0.05, 0) is 40.6 Å². The topological polar surface area (TPSA) is 0 Å². The summed E-state index contributed by atoms with van der Waals surface area (Å²) in [6, 6.07) is 9.16. The first kappa shape index (κ1) is 33.0. The Morgan fingerprint density at radius 3 is 2.11 bits per heavy atom. The van der Waals surface area contributed by atoms with Gasteiger partial charge in [-0.3, -0.25) is 0 Å². The van der Waals surface area contributed by atoms with Crippen molar-refractivity contribution in [2.24, 2.45) is 27.6 Å². The molecule has 200 valence electrons. The third-order valence-corrected chi connectivity index (χ3v) is 11.9. The van der Waals surface area contributed by atoms with Crippen LogP contribution in [0.25, 0.3) is 5.57 Å². The molecule has 0 nitrogen and oxygen atoms in total. The third kappa shape index (κ3) is 4.45. The van der Waals surface area contributed by atoms with E-state index < -0.39 is 0 Å². The van der Waals surface area contributed by atoms with Crippen LogP contribution in [-0.2, 0) is 32.6 Å². The van der Waals surface area contributed by atoms with E-state index in [4.69, 9.17) is 0 Å². The molecule has 5 aliphatic carbocycles. The molecule has 2 saturated carbocycles. The standard InChI is InChI=1S/C29H37.C5H9.2ClH.Zr/c1-18-25-22-17-19-13-9-10-14-20(19)24(22)21-15-11-12-16-23(21)29(25,8)28(6,7)27(4,5)26(18,2)3;1-2-4-5-3-1;;;/h9-11,13-15,23H,12,16-17H2,1-8H3;1H,2-5H2;2*1H;/q2*-1;;;+4/p-2. The van der Waals surface area contributed by atoms with E-state index in [9.17, 15) is 0 Å². The Morgan fingerprint density at radius 2 is 1.51 bits per heavy atom. The molecule has 1 aromatic rings. The van der Waals surface area contributed by atoms with Gasteiger partial charge in [0.05, 0.1) is 0 Å². The molecule has 0 N–H and O–H groups in total. The van der Waals surface area contributed by atoms with Crippen LogP contribution in [-0.4, -0.2) is 0 Å². The fraction of sp³-hybridized carbons (Fsp3) is 0.588. The predicted octanol–water partition coefficient (Wildman–Crippen LogP) is 3.74. The van der Waals surface area contributed by atoms with Gasteiger partial charge in [0.25, 0.3) is 0 Å². The molecule has 3 heteroatoms. The number of hydrogen-bond donors (Lipinski definition) is 0. The molecule has 2 fully saturated rings. The molecular weight excluding hydrogens is 571 g/mol. The summed E-state index contributed by atoms with van der Waals surface area (Å²) in [5, 5.41) is 0. The fourth-order valence-corrected chi connectivity index (χ4v) is 8.29. The van der Waals surface area contributed by atoms with Crippen molar-refractivity contribution in [1.82, 2.24) is 0 Å². The van der Waals surface area contributed by atoms with Crippen LogP contribution in [0.2, 0.25) is 0 Å². The normalized spacial score (nSPS) is 29.3. The Balaban J connectivity index is 0.000000542. The maximum atomic E-state index is 2.62. The summed E-state index contributed by atoms with van der Waals surface area (Å²) in [6.45, 7) is 20.3. The summed E-state index contributed by atoms with van der Waals surface area (Å²) in [6.07, 6.45) is 16.5. The van der Waals surface area contributed by atoms with Gasteiger partial charge in [0, 0.05) is 0 Å². The van der Waals surface area contributed by atoms with Gasteiger partial charge in [-0.2, -0.15) is 24.0 Å². The minimum atomic E-state index is 0. The zero-order valence-corrected chi connectivity index (χ0v) is 28.3. The summed E-state index contributed by atoms with van der Waals surface area (Å²) in [5.74, 6) is 2.24. The quantitative estimate of drug-likeness (QED) is 0.390. The minimum Gasteiger partial charge on any atom is -1.00 e. The molecule has 6 rings (SSSR count). The average Bonchev–Trinajstić information content (AvgIpc) is 3.50. The number of rotatable bonds is 0. The maximum absolute atomic E-state index is 2.62. The Kier molecular flexibility index (Phi) is 10.1. The van der Waals surface area contributed by atoms with E-state index in [1.807, 2.05) is 0 Å². The smallest absolute Gasteiger partial charge is 1.00 e. The number of hydrogen-bond acceptors (Lipinski definition) is 0. The largest absolute Gasteiger partial charge is 4.00 e. The van der Waals surface area contributed by atoms with Gasteiger partial charge in [0.1, 0.15) is 0 Å². The van der Waals surface area contributed by atoms with E-state index in [1.165, 1.54) is 49.7 Å². The first-order valence-electron chi connectivity index (χ1n) is 13.9. The monoisotopic (exact) mass is 614 g/mol. The van der Waals surface area contributed by atoms with Crippen molar-refractivity contribution in [3.05, 3.63) is 76.6 Å². The molecule has 1 aromatic carbocycles. The second-order valence-electron chi connectivity index (χ2n) is 13.3. The van der Waals surface area contributed by atoms with Crippen LogP contribution < -0.4 is 24.8 Å². The SMILES string of the molecule is C[C-]1C2=C3Cc4ccccc4C3=C3C=CCCC3C2(C)C(C)(C)C(C)(C)C1(C)C.[CH-]1CCCC1.[Cl-].[Cl-].[Zr+4]. The van der Waals surface area contributed by atoms with E-state index in [0.717, 1.165) is 6.42 Å². The molecule has 2 atom stereocenters. The molecule has 0 amide bonds. The van der Waals surface area contributed by atoms with Gasteiger partial charge in [0.15, 0.2) is 0 Å². The Bertz CT molecular complexity index is 1080. The Morgan fingerprint density at radius 1 is 0.892 bits per heavy atom. The number of halogens is 2. The number of benzene rings is 1. The zero-order valence-electron chi connectivity index (χ0n) is 24.3. The summed E-state index contributed by atoms with van der Waals surface area (Å²) >= 11 is 0. The first-order chi connectivity index (χ1) is 16.0. The molecule has 5 aliphatic rings. The maximum Gasteiger partial charge on any atom is 4.00 e. The summed E-state index contributed by atoms with van der Waals surface area (Å²) in [4.78, 5) is 0. The summed E-state index contributed by atoms with van der Waals surface area (Å²) in [5.41, 5.74) is 10.3. The predicted molar refractivity (Wildman–Crippen MR) is 147 cm³/mol. The molecule has 0 heterocycles. The molecule has 2 unspecified atom stereocenters. The van der Waals surface area contributed by atoms with Crippen LogP contribution >= 0.6 is 0 Å². The first-order valence-corrected chi connectivity index (χ1v) is 13.9. The van der Waals surface area contributed by atoms with Crippen LogP contribution in [0.3, 0.4) is 0 Å². The fourth-order valence-electron chi connectivity index (χ4n) is 8.29. The van der Waals surface area contributed by atoms with Gasteiger partial charge < -0.3 is 31.2 Å². The zero-order chi connectivity index (χ0) is 24.5. The summed E-state index contributed by atoms with van der Waals surface area (Å²) in [7, 11) is 0. The molecule has 0 aromatic heterocycles. The van der Waals surface area contributed by atoms with E-state index in [0.29, 0.717) is 5.92 Å². The average molecular weight is 617 g/mol. The second kappa shape index (κ2) is 11.3. The molecule has 0 aliphatic heterocycles. The second-order valence-corrected chi connectivity index (χ2v) is 13.3. The van der Waals surface area contributed by atoms with E-state index in [1.54, 1.807) is 28.2 Å². The van der Waals surface area contributed by atoms with Crippen LogP contribution in [0, 0.1) is 39.9 Å². The van der Waals surface area contributed by atoms with Crippen molar-refractivity contribution in [1.29, 1.82) is 0 Å². The summed E-state index contributed by atoms with van der Waals surface area (Å²) < 4.78 is 0. The van der Waals surface area contributed by atoms with Gasteiger partial charge in [0.2, 0.25) is 0 Å². The Hall–Kier alpha value is -0.227. The number of allylic oxidation sites excluding steroid dienone is 6. The molecule has 0 radical (unpaired) electrons. The van der Waals surface area contributed by atoms with Crippen molar-refractivity contribution in [3.63, 3.8) is 0 Å². The molecule has 0 bridgehead atoms. The van der Waals surface area contributed by atoms with Crippen LogP contribution in [0.15, 0.2) is 53.1 Å². The van der Waals surface area contributed by atoms with Gasteiger partial charge in [-0.1, -0.05) is 126 Å².